The first kappa shape index (κ1) is 8.73. The molecule has 2 aromatic rings. The highest BCUT2D eigenvalue weighted by Gasteiger charge is 2.03. The summed E-state index contributed by atoms with van der Waals surface area (Å²) in [4.78, 5) is 8.26. The van der Waals surface area contributed by atoms with Crippen molar-refractivity contribution in [2.45, 2.75) is 6.92 Å². The molecule has 0 aliphatic carbocycles. The summed E-state index contributed by atoms with van der Waals surface area (Å²) in [6.07, 6.45) is 0. The number of halogens is 2. The lowest BCUT2D eigenvalue weighted by molar-refractivity contribution is 1.09. The molecule has 0 fully saturated rings. The number of fused-ring (bicyclic) bond motifs is 1. The summed E-state index contributed by atoms with van der Waals surface area (Å²) < 4.78 is 0. The van der Waals surface area contributed by atoms with Crippen molar-refractivity contribution in [1.82, 2.24) is 9.97 Å². The van der Waals surface area contributed by atoms with E-state index in [9.17, 15) is 0 Å². The van der Waals surface area contributed by atoms with Crippen LogP contribution < -0.4 is 0 Å². The van der Waals surface area contributed by atoms with Crippen LogP contribution in [-0.2, 0) is 0 Å². The van der Waals surface area contributed by atoms with Gasteiger partial charge in [0.1, 0.15) is 11.0 Å². The first-order valence-electron chi connectivity index (χ1n) is 3.76. The molecule has 0 saturated heterocycles. The van der Waals surface area contributed by atoms with Crippen molar-refractivity contribution in [2.75, 3.05) is 0 Å². The molecule has 0 aliphatic rings. The third kappa shape index (κ3) is 1.60. The van der Waals surface area contributed by atoms with Crippen molar-refractivity contribution in [3.63, 3.8) is 0 Å². The second-order valence-electron chi connectivity index (χ2n) is 2.72. The van der Waals surface area contributed by atoms with Gasteiger partial charge in [0.2, 0.25) is 0 Å². The van der Waals surface area contributed by atoms with Crippen LogP contribution in [0.5, 0.6) is 0 Å². The average Bonchev–Trinajstić information content (AvgIpc) is 2.02. The van der Waals surface area contributed by atoms with Crippen molar-refractivity contribution < 1.29 is 0 Å². The van der Waals surface area contributed by atoms with Gasteiger partial charge < -0.3 is 0 Å². The monoisotopic (exact) mass is 212 g/mol. The number of aromatic nitrogens is 2. The molecule has 0 bridgehead atoms. The van der Waals surface area contributed by atoms with E-state index in [0.29, 0.717) is 16.0 Å². The number of hydrogen-bond acceptors (Lipinski definition) is 2. The zero-order chi connectivity index (χ0) is 9.42. The molecular formula is C9H6Cl2N2. The van der Waals surface area contributed by atoms with E-state index in [1.165, 1.54) is 0 Å². The number of hydrogen-bond donors (Lipinski definition) is 0. The SMILES string of the molecule is Cc1nc(Cl)c2ccc(Cl)cc2n1. The molecule has 0 atom stereocenters. The number of benzene rings is 1. The van der Waals surface area contributed by atoms with Gasteiger partial charge in [-0.2, -0.15) is 0 Å². The maximum Gasteiger partial charge on any atom is 0.140 e. The predicted molar refractivity (Wildman–Crippen MR) is 54.3 cm³/mol. The molecule has 2 nitrogen and oxygen atoms in total. The molecule has 0 radical (unpaired) electrons. The smallest absolute Gasteiger partial charge is 0.140 e. The van der Waals surface area contributed by atoms with Gasteiger partial charge in [-0.15, -0.1) is 0 Å². The molecule has 1 heterocycles. The Labute approximate surface area is 85.5 Å². The van der Waals surface area contributed by atoms with E-state index >= 15 is 0 Å². The Balaban J connectivity index is 2.86. The lowest BCUT2D eigenvalue weighted by Gasteiger charge is -2.00. The molecule has 0 saturated carbocycles. The molecule has 0 unspecified atom stereocenters. The molecule has 0 amide bonds. The summed E-state index contributed by atoms with van der Waals surface area (Å²) >= 11 is 11.7. The van der Waals surface area contributed by atoms with Gasteiger partial charge in [-0.05, 0) is 25.1 Å². The quantitative estimate of drug-likeness (QED) is 0.627. The fourth-order valence-corrected chi connectivity index (χ4v) is 1.62. The van der Waals surface area contributed by atoms with Gasteiger partial charge in [0, 0.05) is 10.4 Å². The third-order valence-corrected chi connectivity index (χ3v) is 2.25. The minimum absolute atomic E-state index is 0.471. The fourth-order valence-electron chi connectivity index (χ4n) is 1.17. The standard InChI is InChI=1S/C9H6Cl2N2/c1-5-12-8-4-6(10)2-3-7(8)9(11)13-5/h2-4H,1H3. The number of rotatable bonds is 0. The third-order valence-electron chi connectivity index (χ3n) is 1.72. The zero-order valence-electron chi connectivity index (χ0n) is 6.88. The maximum atomic E-state index is 5.92. The van der Waals surface area contributed by atoms with Crippen molar-refractivity contribution in [3.8, 4) is 0 Å². The Morgan fingerprint density at radius 1 is 1.15 bits per heavy atom. The van der Waals surface area contributed by atoms with Gasteiger partial charge in [0.05, 0.1) is 5.52 Å². The highest BCUT2D eigenvalue weighted by molar-refractivity contribution is 6.35. The van der Waals surface area contributed by atoms with Crippen LogP contribution in [0.1, 0.15) is 5.82 Å². The van der Waals surface area contributed by atoms with Gasteiger partial charge >= 0.3 is 0 Å². The van der Waals surface area contributed by atoms with E-state index in [1.807, 2.05) is 6.07 Å². The molecular weight excluding hydrogens is 207 g/mol. The maximum absolute atomic E-state index is 5.92. The molecule has 66 valence electrons. The average molecular weight is 213 g/mol. The zero-order valence-corrected chi connectivity index (χ0v) is 8.39. The number of aryl methyl sites for hydroxylation is 1. The Bertz CT molecular complexity index is 463. The molecule has 2 rings (SSSR count). The summed E-state index contributed by atoms with van der Waals surface area (Å²) in [5.41, 5.74) is 0.782. The van der Waals surface area contributed by atoms with Gasteiger partial charge in [-0.1, -0.05) is 23.2 Å². The molecule has 1 aromatic heterocycles. The van der Waals surface area contributed by atoms with Crippen LogP contribution >= 0.6 is 23.2 Å². The van der Waals surface area contributed by atoms with E-state index in [2.05, 4.69) is 9.97 Å². The van der Waals surface area contributed by atoms with Gasteiger partial charge in [-0.25, -0.2) is 9.97 Å². The highest BCUT2D eigenvalue weighted by atomic mass is 35.5. The Kier molecular flexibility index (Phi) is 2.10. The molecule has 0 aliphatic heterocycles. The van der Waals surface area contributed by atoms with Crippen LogP contribution in [0.25, 0.3) is 10.9 Å². The fraction of sp³-hybridized carbons (Fsp3) is 0.111. The van der Waals surface area contributed by atoms with E-state index < -0.39 is 0 Å². The molecule has 13 heavy (non-hydrogen) atoms. The summed E-state index contributed by atoms with van der Waals surface area (Å²) in [5, 5.41) is 1.96. The van der Waals surface area contributed by atoms with Crippen molar-refractivity contribution in [3.05, 3.63) is 34.2 Å². The largest absolute Gasteiger partial charge is 0.233 e. The predicted octanol–water partition coefficient (Wildman–Crippen LogP) is 3.25. The second kappa shape index (κ2) is 3.13. The van der Waals surface area contributed by atoms with E-state index in [4.69, 9.17) is 23.2 Å². The molecule has 4 heteroatoms. The summed E-state index contributed by atoms with van der Waals surface area (Å²) in [6.45, 7) is 1.80. The minimum atomic E-state index is 0.471. The Morgan fingerprint density at radius 3 is 2.69 bits per heavy atom. The second-order valence-corrected chi connectivity index (χ2v) is 3.52. The highest BCUT2D eigenvalue weighted by Crippen LogP contribution is 2.22. The van der Waals surface area contributed by atoms with Crippen LogP contribution in [0.15, 0.2) is 18.2 Å². The van der Waals surface area contributed by atoms with Crippen LogP contribution in [0, 0.1) is 6.92 Å². The van der Waals surface area contributed by atoms with E-state index in [0.717, 1.165) is 10.9 Å². The van der Waals surface area contributed by atoms with Gasteiger partial charge in [-0.3, -0.25) is 0 Å². The first-order valence-corrected chi connectivity index (χ1v) is 4.52. The number of nitrogens with zero attached hydrogens (tertiary/aromatic N) is 2. The van der Waals surface area contributed by atoms with Crippen molar-refractivity contribution >= 4 is 34.1 Å². The lowest BCUT2D eigenvalue weighted by Crippen LogP contribution is -1.89. The Hall–Kier alpha value is -0.860. The summed E-state index contributed by atoms with van der Waals surface area (Å²) in [7, 11) is 0. The summed E-state index contributed by atoms with van der Waals surface area (Å²) in [6, 6.07) is 5.37. The van der Waals surface area contributed by atoms with Crippen molar-refractivity contribution in [2.24, 2.45) is 0 Å². The normalized spacial score (nSPS) is 10.7. The van der Waals surface area contributed by atoms with Crippen molar-refractivity contribution in [1.29, 1.82) is 0 Å². The molecule has 0 spiro atoms. The molecule has 0 N–H and O–H groups in total. The van der Waals surface area contributed by atoms with Gasteiger partial charge in [0.15, 0.2) is 0 Å². The van der Waals surface area contributed by atoms with E-state index in [1.54, 1.807) is 19.1 Å². The molecule has 1 aromatic carbocycles. The van der Waals surface area contributed by atoms with Crippen LogP contribution in [-0.4, -0.2) is 9.97 Å². The summed E-state index contributed by atoms with van der Waals surface area (Å²) in [5.74, 6) is 0.653. The van der Waals surface area contributed by atoms with Gasteiger partial charge in [0.25, 0.3) is 0 Å². The van der Waals surface area contributed by atoms with Crippen LogP contribution in [0.2, 0.25) is 10.2 Å². The lowest BCUT2D eigenvalue weighted by atomic mass is 10.2. The minimum Gasteiger partial charge on any atom is -0.233 e. The topological polar surface area (TPSA) is 25.8 Å². The van der Waals surface area contributed by atoms with Crippen LogP contribution in [0.3, 0.4) is 0 Å². The first-order chi connectivity index (χ1) is 6.16. The Morgan fingerprint density at radius 2 is 1.92 bits per heavy atom. The van der Waals surface area contributed by atoms with E-state index in [-0.39, 0.29) is 0 Å². The van der Waals surface area contributed by atoms with Crippen LogP contribution in [0.4, 0.5) is 0 Å².